The SMILES string of the molecule is O=C(NC[C@H]1CN(c2ccc(-n3ccccc3=O)cc2)C(=O)O1)c1ccc(Br)s1. The van der Waals surface area contributed by atoms with E-state index in [-0.39, 0.29) is 18.0 Å². The Bertz CT molecular complexity index is 1110. The third kappa shape index (κ3) is 4.25. The average Bonchev–Trinajstić information content (AvgIpc) is 3.32. The molecule has 1 aliphatic heterocycles. The summed E-state index contributed by atoms with van der Waals surface area (Å²) in [5.74, 6) is -0.201. The lowest BCUT2D eigenvalue weighted by atomic mass is 10.2. The van der Waals surface area contributed by atoms with Crippen LogP contribution in [0, 0.1) is 0 Å². The number of anilines is 1. The third-order valence-corrected chi connectivity index (χ3v) is 6.05. The Morgan fingerprint density at radius 3 is 2.55 bits per heavy atom. The van der Waals surface area contributed by atoms with Gasteiger partial charge >= 0.3 is 6.09 Å². The summed E-state index contributed by atoms with van der Waals surface area (Å²) in [6, 6.07) is 15.6. The molecule has 148 valence electrons. The van der Waals surface area contributed by atoms with E-state index in [1.807, 2.05) is 6.07 Å². The molecular formula is C20H16BrN3O4S. The van der Waals surface area contributed by atoms with Crippen molar-refractivity contribution in [3.8, 4) is 5.69 Å². The van der Waals surface area contributed by atoms with E-state index in [1.165, 1.54) is 26.9 Å². The molecule has 0 unspecified atom stereocenters. The normalized spacial score (nSPS) is 16.0. The van der Waals surface area contributed by atoms with Gasteiger partial charge in [0.25, 0.3) is 11.5 Å². The highest BCUT2D eigenvalue weighted by molar-refractivity contribution is 9.11. The zero-order valence-corrected chi connectivity index (χ0v) is 17.5. The minimum absolute atomic E-state index is 0.130. The highest BCUT2D eigenvalue weighted by atomic mass is 79.9. The molecule has 1 aliphatic rings. The van der Waals surface area contributed by atoms with Crippen molar-refractivity contribution in [2.75, 3.05) is 18.0 Å². The Labute approximate surface area is 178 Å². The van der Waals surface area contributed by atoms with Gasteiger partial charge in [-0.05, 0) is 58.4 Å². The van der Waals surface area contributed by atoms with Gasteiger partial charge in [0.15, 0.2) is 0 Å². The summed E-state index contributed by atoms with van der Waals surface area (Å²) in [5.41, 5.74) is 1.24. The standard InChI is InChI=1S/C20H16BrN3O4S/c21-17-9-8-16(29-17)19(26)22-11-15-12-24(20(27)28-15)14-6-4-13(5-7-14)23-10-2-1-3-18(23)25/h1-10,15H,11-12H2,(H,22,26)/t15-/m0/s1. The molecule has 3 aromatic rings. The molecule has 1 fully saturated rings. The largest absolute Gasteiger partial charge is 0.442 e. The molecule has 1 saturated heterocycles. The highest BCUT2D eigenvalue weighted by Crippen LogP contribution is 2.24. The number of nitrogens with zero attached hydrogens (tertiary/aromatic N) is 2. The quantitative estimate of drug-likeness (QED) is 0.615. The summed E-state index contributed by atoms with van der Waals surface area (Å²) in [4.78, 5) is 38.4. The van der Waals surface area contributed by atoms with E-state index < -0.39 is 12.2 Å². The van der Waals surface area contributed by atoms with Gasteiger partial charge in [0.2, 0.25) is 0 Å². The van der Waals surface area contributed by atoms with E-state index in [0.29, 0.717) is 22.8 Å². The van der Waals surface area contributed by atoms with Crippen LogP contribution in [0.2, 0.25) is 0 Å². The van der Waals surface area contributed by atoms with Gasteiger partial charge in [0.05, 0.1) is 21.8 Å². The molecule has 9 heteroatoms. The Hall–Kier alpha value is -2.91. The fraction of sp³-hybridized carbons (Fsp3) is 0.150. The number of thiophene rings is 1. The Morgan fingerprint density at radius 1 is 1.10 bits per heavy atom. The van der Waals surface area contributed by atoms with Gasteiger partial charge in [-0.1, -0.05) is 6.07 Å². The van der Waals surface area contributed by atoms with Crippen molar-refractivity contribution in [2.24, 2.45) is 0 Å². The average molecular weight is 474 g/mol. The second-order valence-corrected chi connectivity index (χ2v) is 8.82. The van der Waals surface area contributed by atoms with Crippen LogP contribution >= 0.6 is 27.3 Å². The molecule has 4 rings (SSSR count). The number of ether oxygens (including phenoxy) is 1. The van der Waals surface area contributed by atoms with Crippen LogP contribution in [-0.2, 0) is 4.74 Å². The second kappa shape index (κ2) is 8.22. The molecule has 1 atom stereocenters. The predicted octanol–water partition coefficient (Wildman–Crippen LogP) is 3.42. The molecular weight excluding hydrogens is 458 g/mol. The number of pyridine rings is 1. The number of amides is 2. The molecule has 0 aliphatic carbocycles. The van der Waals surface area contributed by atoms with E-state index in [9.17, 15) is 14.4 Å². The highest BCUT2D eigenvalue weighted by Gasteiger charge is 2.32. The first-order chi connectivity index (χ1) is 14.0. The molecule has 0 bridgehead atoms. The van der Waals surface area contributed by atoms with Crippen molar-refractivity contribution in [1.29, 1.82) is 0 Å². The van der Waals surface area contributed by atoms with Crippen LogP contribution in [0.5, 0.6) is 0 Å². The first-order valence-electron chi connectivity index (χ1n) is 8.81. The lowest BCUT2D eigenvalue weighted by molar-refractivity contribution is 0.0920. The lowest BCUT2D eigenvalue weighted by Crippen LogP contribution is -2.34. The van der Waals surface area contributed by atoms with Gasteiger partial charge in [0.1, 0.15) is 6.10 Å². The van der Waals surface area contributed by atoms with Crippen molar-refractivity contribution >= 4 is 45.0 Å². The molecule has 0 saturated carbocycles. The van der Waals surface area contributed by atoms with Crippen molar-refractivity contribution in [1.82, 2.24) is 9.88 Å². The number of rotatable bonds is 5. The Morgan fingerprint density at radius 2 is 1.86 bits per heavy atom. The summed E-state index contributed by atoms with van der Waals surface area (Å²) >= 11 is 4.67. The molecule has 1 aromatic carbocycles. The van der Waals surface area contributed by atoms with E-state index in [2.05, 4.69) is 21.2 Å². The zero-order valence-electron chi connectivity index (χ0n) is 15.1. The fourth-order valence-electron chi connectivity index (χ4n) is 3.00. The van der Waals surface area contributed by atoms with Crippen LogP contribution in [0.4, 0.5) is 10.5 Å². The molecule has 0 spiro atoms. The Kier molecular flexibility index (Phi) is 5.50. The second-order valence-electron chi connectivity index (χ2n) is 6.36. The van der Waals surface area contributed by atoms with Gasteiger partial charge < -0.3 is 10.1 Å². The minimum Gasteiger partial charge on any atom is -0.442 e. The lowest BCUT2D eigenvalue weighted by Gasteiger charge is -2.14. The van der Waals surface area contributed by atoms with Gasteiger partial charge in [0, 0.05) is 23.6 Å². The van der Waals surface area contributed by atoms with Gasteiger partial charge in [-0.15, -0.1) is 11.3 Å². The number of aromatic nitrogens is 1. The molecule has 2 amide bonds. The summed E-state index contributed by atoms with van der Waals surface area (Å²) < 4.78 is 7.76. The summed E-state index contributed by atoms with van der Waals surface area (Å²) in [6.45, 7) is 0.561. The number of halogens is 1. The van der Waals surface area contributed by atoms with Crippen molar-refractivity contribution in [3.63, 3.8) is 0 Å². The van der Waals surface area contributed by atoms with E-state index >= 15 is 0 Å². The zero-order chi connectivity index (χ0) is 20.4. The van der Waals surface area contributed by atoms with Crippen molar-refractivity contribution in [2.45, 2.75) is 6.10 Å². The topological polar surface area (TPSA) is 80.6 Å². The number of hydrogen-bond donors (Lipinski definition) is 1. The smallest absolute Gasteiger partial charge is 0.414 e. The van der Waals surface area contributed by atoms with Crippen LogP contribution < -0.4 is 15.8 Å². The van der Waals surface area contributed by atoms with Crippen LogP contribution in [0.15, 0.2) is 69.4 Å². The molecule has 1 N–H and O–H groups in total. The fourth-order valence-corrected chi connectivity index (χ4v) is 4.30. The van der Waals surface area contributed by atoms with Crippen LogP contribution in [0.25, 0.3) is 5.69 Å². The third-order valence-electron chi connectivity index (χ3n) is 4.42. The maximum atomic E-state index is 12.2. The number of carbonyl (C=O) groups excluding carboxylic acids is 2. The first-order valence-corrected chi connectivity index (χ1v) is 10.4. The summed E-state index contributed by atoms with van der Waals surface area (Å²) in [5, 5.41) is 2.79. The first kappa shape index (κ1) is 19.4. The van der Waals surface area contributed by atoms with Crippen LogP contribution in [0.3, 0.4) is 0 Å². The van der Waals surface area contributed by atoms with E-state index in [0.717, 1.165) is 3.79 Å². The number of hydrogen-bond acceptors (Lipinski definition) is 5. The van der Waals surface area contributed by atoms with Gasteiger partial charge in [-0.3, -0.25) is 19.1 Å². The molecule has 7 nitrogen and oxygen atoms in total. The maximum Gasteiger partial charge on any atom is 0.414 e. The molecule has 29 heavy (non-hydrogen) atoms. The van der Waals surface area contributed by atoms with Gasteiger partial charge in [-0.25, -0.2) is 4.79 Å². The number of benzene rings is 1. The molecule has 3 heterocycles. The number of nitrogens with one attached hydrogen (secondary N) is 1. The summed E-state index contributed by atoms with van der Waals surface area (Å²) in [7, 11) is 0. The molecule has 0 radical (unpaired) electrons. The molecule has 2 aromatic heterocycles. The van der Waals surface area contributed by atoms with Crippen molar-refractivity contribution in [3.05, 3.63) is 79.8 Å². The van der Waals surface area contributed by atoms with E-state index in [1.54, 1.807) is 48.7 Å². The van der Waals surface area contributed by atoms with E-state index in [4.69, 9.17) is 4.74 Å². The minimum atomic E-state index is -0.465. The van der Waals surface area contributed by atoms with Crippen molar-refractivity contribution < 1.29 is 14.3 Å². The summed E-state index contributed by atoms with van der Waals surface area (Å²) in [6.07, 6.45) is 0.783. The van der Waals surface area contributed by atoms with Crippen LogP contribution in [0.1, 0.15) is 9.67 Å². The monoisotopic (exact) mass is 473 g/mol. The van der Waals surface area contributed by atoms with Crippen LogP contribution in [-0.4, -0.2) is 35.8 Å². The maximum absolute atomic E-state index is 12.2. The predicted molar refractivity (Wildman–Crippen MR) is 114 cm³/mol. The van der Waals surface area contributed by atoms with Gasteiger partial charge in [-0.2, -0.15) is 0 Å². The Balaban J connectivity index is 1.39. The number of cyclic esters (lactones) is 1. The number of carbonyl (C=O) groups is 2.